The lowest BCUT2D eigenvalue weighted by Gasteiger charge is -2.20. The Morgan fingerprint density at radius 2 is 1.00 bits per heavy atom. The average molecular weight is 362 g/mol. The molecule has 7 heteroatoms. The van der Waals surface area contributed by atoms with E-state index in [1.165, 1.54) is 14.2 Å². The van der Waals surface area contributed by atoms with Gasteiger partial charge in [0.25, 0.3) is 0 Å². The number of rotatable bonds is 8. The molecule has 2 atom stereocenters. The maximum Gasteiger partial charge on any atom is 0.513 e. The molecule has 0 heterocycles. The molecule has 0 bridgehead atoms. The summed E-state index contributed by atoms with van der Waals surface area (Å²) in [5, 5.41) is 0. The van der Waals surface area contributed by atoms with Crippen molar-refractivity contribution < 1.29 is 33.2 Å². The summed E-state index contributed by atoms with van der Waals surface area (Å²) in [5.74, 6) is 1.37. The molecule has 7 nitrogen and oxygen atoms in total. The topological polar surface area (TPSA) is 72.5 Å². The van der Waals surface area contributed by atoms with Crippen molar-refractivity contribution in [2.24, 2.45) is 0 Å². The zero-order chi connectivity index (χ0) is 18.9. The molecule has 0 saturated carbocycles. The molecule has 0 aliphatic carbocycles. The summed E-state index contributed by atoms with van der Waals surface area (Å²) in [6, 6.07) is 13.9. The number of ether oxygens (including phenoxy) is 6. The van der Waals surface area contributed by atoms with Crippen molar-refractivity contribution in [1.29, 1.82) is 0 Å². The molecule has 0 fully saturated rings. The highest BCUT2D eigenvalue weighted by Crippen LogP contribution is 2.25. The molecular formula is C19H22O7. The number of benzene rings is 2. The second-order valence-electron chi connectivity index (χ2n) is 5.17. The summed E-state index contributed by atoms with van der Waals surface area (Å²) in [7, 11) is 6.00. The van der Waals surface area contributed by atoms with Crippen LogP contribution < -0.4 is 9.47 Å². The molecule has 0 aliphatic heterocycles. The van der Waals surface area contributed by atoms with Crippen LogP contribution in [0, 0.1) is 0 Å². The Balaban J connectivity index is 2.01. The molecule has 0 spiro atoms. The van der Waals surface area contributed by atoms with Crippen LogP contribution in [0.1, 0.15) is 23.7 Å². The first-order valence-electron chi connectivity index (χ1n) is 7.82. The van der Waals surface area contributed by atoms with Gasteiger partial charge in [-0.25, -0.2) is 4.79 Å². The second-order valence-corrected chi connectivity index (χ2v) is 5.17. The SMILES string of the molecule is COc1ccc(C(OC)OC(=O)OC(OC)c2ccc(OC)cc2)cc1. The summed E-state index contributed by atoms with van der Waals surface area (Å²) in [6.45, 7) is 0. The number of hydrogen-bond acceptors (Lipinski definition) is 7. The molecule has 0 amide bonds. The fraction of sp³-hybridized carbons (Fsp3) is 0.316. The Hall–Kier alpha value is -2.77. The van der Waals surface area contributed by atoms with Gasteiger partial charge in [-0.3, -0.25) is 0 Å². The minimum Gasteiger partial charge on any atom is -0.497 e. The third-order valence-electron chi connectivity index (χ3n) is 3.61. The van der Waals surface area contributed by atoms with Crippen molar-refractivity contribution >= 4 is 6.16 Å². The van der Waals surface area contributed by atoms with E-state index in [0.29, 0.717) is 22.6 Å². The van der Waals surface area contributed by atoms with E-state index in [1.54, 1.807) is 62.8 Å². The maximum atomic E-state index is 12.1. The molecule has 0 aromatic heterocycles. The number of carbonyl (C=O) groups excluding carboxylic acids is 1. The van der Waals surface area contributed by atoms with Crippen LogP contribution >= 0.6 is 0 Å². The summed E-state index contributed by atoms with van der Waals surface area (Å²) in [5.41, 5.74) is 1.28. The predicted molar refractivity (Wildman–Crippen MR) is 93.1 cm³/mol. The van der Waals surface area contributed by atoms with Crippen molar-refractivity contribution in [3.05, 3.63) is 59.7 Å². The van der Waals surface area contributed by atoms with Gasteiger partial charge in [-0.15, -0.1) is 0 Å². The first kappa shape index (κ1) is 19.6. The Morgan fingerprint density at radius 1 is 0.654 bits per heavy atom. The Labute approximate surface area is 152 Å². The van der Waals surface area contributed by atoms with Gasteiger partial charge in [0.05, 0.1) is 14.2 Å². The van der Waals surface area contributed by atoms with Crippen LogP contribution in [0.4, 0.5) is 4.79 Å². The van der Waals surface area contributed by atoms with E-state index >= 15 is 0 Å². The normalized spacial score (nSPS) is 12.8. The summed E-state index contributed by atoms with van der Waals surface area (Å²) < 4.78 is 31.1. The molecule has 140 valence electrons. The average Bonchev–Trinajstić information content (AvgIpc) is 2.70. The van der Waals surface area contributed by atoms with Gasteiger partial charge in [-0.05, 0) is 48.5 Å². The van der Waals surface area contributed by atoms with Gasteiger partial charge in [0.1, 0.15) is 11.5 Å². The van der Waals surface area contributed by atoms with Crippen molar-refractivity contribution in [1.82, 2.24) is 0 Å². The van der Waals surface area contributed by atoms with Crippen LogP contribution in [0.5, 0.6) is 11.5 Å². The second kappa shape index (κ2) is 9.65. The summed E-state index contributed by atoms with van der Waals surface area (Å²) in [4.78, 5) is 12.1. The van der Waals surface area contributed by atoms with Crippen LogP contribution in [0.25, 0.3) is 0 Å². The van der Waals surface area contributed by atoms with E-state index < -0.39 is 18.7 Å². The van der Waals surface area contributed by atoms with Gasteiger partial charge in [-0.1, -0.05) is 0 Å². The van der Waals surface area contributed by atoms with Gasteiger partial charge in [0.15, 0.2) is 0 Å². The third kappa shape index (κ3) is 5.11. The molecule has 2 unspecified atom stereocenters. The molecule has 26 heavy (non-hydrogen) atoms. The molecular weight excluding hydrogens is 340 g/mol. The van der Waals surface area contributed by atoms with Crippen LogP contribution in [0.2, 0.25) is 0 Å². The lowest BCUT2D eigenvalue weighted by Crippen LogP contribution is -2.18. The highest BCUT2D eigenvalue weighted by atomic mass is 16.8. The lowest BCUT2D eigenvalue weighted by atomic mass is 10.2. The molecule has 0 N–H and O–H groups in total. The zero-order valence-electron chi connectivity index (χ0n) is 15.1. The molecule has 0 aliphatic rings. The minimum atomic E-state index is -0.921. The first-order chi connectivity index (χ1) is 12.6. The van der Waals surface area contributed by atoms with E-state index in [1.807, 2.05) is 0 Å². The van der Waals surface area contributed by atoms with Gasteiger partial charge in [0.2, 0.25) is 12.6 Å². The number of hydrogen-bond donors (Lipinski definition) is 0. The Kier molecular flexibility index (Phi) is 7.25. The van der Waals surface area contributed by atoms with E-state index in [-0.39, 0.29) is 0 Å². The van der Waals surface area contributed by atoms with Crippen LogP contribution in [-0.4, -0.2) is 34.6 Å². The van der Waals surface area contributed by atoms with Crippen LogP contribution in [-0.2, 0) is 18.9 Å². The van der Waals surface area contributed by atoms with Crippen LogP contribution in [0.3, 0.4) is 0 Å². The molecule has 0 saturated heterocycles. The number of methoxy groups -OCH3 is 4. The fourth-order valence-corrected chi connectivity index (χ4v) is 2.23. The van der Waals surface area contributed by atoms with Crippen molar-refractivity contribution in [2.75, 3.05) is 28.4 Å². The van der Waals surface area contributed by atoms with Crippen molar-refractivity contribution in [3.63, 3.8) is 0 Å². The molecule has 2 aromatic rings. The number of carbonyl (C=O) groups is 1. The summed E-state index contributed by atoms with van der Waals surface area (Å²) >= 11 is 0. The van der Waals surface area contributed by atoms with Crippen molar-refractivity contribution in [2.45, 2.75) is 12.6 Å². The van der Waals surface area contributed by atoms with E-state index in [9.17, 15) is 4.79 Å². The van der Waals surface area contributed by atoms with Crippen molar-refractivity contribution in [3.8, 4) is 11.5 Å². The third-order valence-corrected chi connectivity index (χ3v) is 3.61. The van der Waals surface area contributed by atoms with Gasteiger partial charge in [0, 0.05) is 25.3 Å². The largest absolute Gasteiger partial charge is 0.513 e. The van der Waals surface area contributed by atoms with E-state index in [2.05, 4.69) is 0 Å². The standard InChI is InChI=1S/C19H22O7/c1-21-15-9-5-13(6-10-15)17(23-3)25-19(20)26-18(24-4)14-7-11-16(22-2)12-8-14/h5-12,17-18H,1-4H3. The van der Waals surface area contributed by atoms with Crippen LogP contribution in [0.15, 0.2) is 48.5 Å². The van der Waals surface area contributed by atoms with Gasteiger partial charge in [-0.2, -0.15) is 0 Å². The zero-order valence-corrected chi connectivity index (χ0v) is 15.1. The fourth-order valence-electron chi connectivity index (χ4n) is 2.23. The summed E-state index contributed by atoms with van der Waals surface area (Å²) in [6.07, 6.45) is -2.75. The lowest BCUT2D eigenvalue weighted by molar-refractivity contribution is -0.151. The molecule has 2 rings (SSSR count). The smallest absolute Gasteiger partial charge is 0.497 e. The molecule has 0 radical (unpaired) electrons. The molecule has 2 aromatic carbocycles. The Morgan fingerprint density at radius 3 is 1.27 bits per heavy atom. The minimum absolute atomic E-state index is 0.642. The first-order valence-corrected chi connectivity index (χ1v) is 7.82. The predicted octanol–water partition coefficient (Wildman–Crippen LogP) is 3.85. The highest BCUT2D eigenvalue weighted by molar-refractivity contribution is 5.60. The Bertz CT molecular complexity index is 623. The van der Waals surface area contributed by atoms with E-state index in [4.69, 9.17) is 28.4 Å². The quantitative estimate of drug-likeness (QED) is 0.522. The maximum absolute atomic E-state index is 12.1. The van der Waals surface area contributed by atoms with E-state index in [0.717, 1.165) is 0 Å². The highest BCUT2D eigenvalue weighted by Gasteiger charge is 2.22. The monoisotopic (exact) mass is 362 g/mol. The van der Waals surface area contributed by atoms with Gasteiger partial charge >= 0.3 is 6.16 Å². The van der Waals surface area contributed by atoms with Gasteiger partial charge < -0.3 is 28.4 Å².